The van der Waals surface area contributed by atoms with Crippen LogP contribution in [0.2, 0.25) is 0 Å². The zero-order chi connectivity index (χ0) is 16.4. The van der Waals surface area contributed by atoms with Gasteiger partial charge in [-0.05, 0) is 25.0 Å². The third-order valence-electron chi connectivity index (χ3n) is 4.80. The number of amides is 1. The Balaban J connectivity index is 1.73. The minimum atomic E-state index is -0.590. The van der Waals surface area contributed by atoms with E-state index < -0.39 is 6.10 Å². The van der Waals surface area contributed by atoms with E-state index in [2.05, 4.69) is 0 Å². The van der Waals surface area contributed by atoms with Crippen molar-refractivity contribution < 1.29 is 9.90 Å². The van der Waals surface area contributed by atoms with Gasteiger partial charge in [0.25, 0.3) is 0 Å². The van der Waals surface area contributed by atoms with Crippen molar-refractivity contribution in [3.05, 3.63) is 71.3 Å². The number of likely N-dealkylation sites (tertiary alicyclic amines) is 1. The van der Waals surface area contributed by atoms with Crippen LogP contribution in [0.4, 0.5) is 0 Å². The molecule has 0 bridgehead atoms. The van der Waals surface area contributed by atoms with Crippen molar-refractivity contribution in [2.75, 3.05) is 6.54 Å². The van der Waals surface area contributed by atoms with E-state index in [4.69, 9.17) is 0 Å². The average molecular weight is 309 g/mol. The Morgan fingerprint density at radius 2 is 1.70 bits per heavy atom. The number of nitrogens with zero attached hydrogens (tertiary/aromatic N) is 1. The number of benzene rings is 2. The van der Waals surface area contributed by atoms with Crippen molar-refractivity contribution in [2.24, 2.45) is 5.92 Å². The normalized spacial score (nSPS) is 20.6. The Labute approximate surface area is 137 Å². The summed E-state index contributed by atoms with van der Waals surface area (Å²) < 4.78 is 0. The van der Waals surface area contributed by atoms with Crippen LogP contribution in [0.5, 0.6) is 0 Å². The van der Waals surface area contributed by atoms with Gasteiger partial charge in [0.1, 0.15) is 0 Å². The molecular weight excluding hydrogens is 286 g/mol. The number of aliphatic hydroxyl groups excluding tert-OH is 1. The van der Waals surface area contributed by atoms with Crippen LogP contribution in [0.1, 0.15) is 42.2 Å². The van der Waals surface area contributed by atoms with E-state index in [1.165, 1.54) is 5.56 Å². The number of carbonyl (C=O) groups is 1. The SMILES string of the molecule is Cc1ccc(C(O)C2CC(=O)N(C(C)c3ccccc3)C2)cc1. The first kappa shape index (κ1) is 15.8. The van der Waals surface area contributed by atoms with Crippen molar-refractivity contribution in [2.45, 2.75) is 32.4 Å². The fourth-order valence-corrected chi connectivity index (χ4v) is 3.29. The van der Waals surface area contributed by atoms with Crippen molar-refractivity contribution in [1.82, 2.24) is 4.90 Å². The topological polar surface area (TPSA) is 40.5 Å². The van der Waals surface area contributed by atoms with E-state index >= 15 is 0 Å². The fourth-order valence-electron chi connectivity index (χ4n) is 3.29. The maximum Gasteiger partial charge on any atom is 0.223 e. The number of carbonyl (C=O) groups excluding carboxylic acids is 1. The predicted octanol–water partition coefficient (Wildman–Crippen LogP) is 3.64. The van der Waals surface area contributed by atoms with Crippen LogP contribution in [0.25, 0.3) is 0 Å². The van der Waals surface area contributed by atoms with Gasteiger partial charge in [-0.15, -0.1) is 0 Å². The quantitative estimate of drug-likeness (QED) is 0.936. The van der Waals surface area contributed by atoms with E-state index in [-0.39, 0.29) is 17.9 Å². The van der Waals surface area contributed by atoms with Gasteiger partial charge >= 0.3 is 0 Å². The minimum absolute atomic E-state index is 0.0407. The summed E-state index contributed by atoms with van der Waals surface area (Å²) in [6.07, 6.45) is -0.181. The Morgan fingerprint density at radius 1 is 1.04 bits per heavy atom. The van der Waals surface area contributed by atoms with Gasteiger partial charge in [0.05, 0.1) is 12.1 Å². The molecule has 1 fully saturated rings. The van der Waals surface area contributed by atoms with Gasteiger partial charge in [-0.1, -0.05) is 60.2 Å². The van der Waals surface area contributed by atoms with Gasteiger partial charge in [-0.2, -0.15) is 0 Å². The number of aliphatic hydroxyl groups is 1. The first-order chi connectivity index (χ1) is 11.1. The second-order valence-electron chi connectivity index (χ2n) is 6.45. The lowest BCUT2D eigenvalue weighted by molar-refractivity contribution is -0.129. The molecule has 1 aliphatic rings. The molecular formula is C20H23NO2. The number of hydrogen-bond acceptors (Lipinski definition) is 2. The highest BCUT2D eigenvalue weighted by molar-refractivity contribution is 5.79. The van der Waals surface area contributed by atoms with Crippen molar-refractivity contribution in [3.63, 3.8) is 0 Å². The third-order valence-corrected chi connectivity index (χ3v) is 4.80. The maximum atomic E-state index is 12.4. The number of rotatable bonds is 4. The average Bonchev–Trinajstić information content (AvgIpc) is 2.97. The van der Waals surface area contributed by atoms with Crippen LogP contribution >= 0.6 is 0 Å². The lowest BCUT2D eigenvalue weighted by Gasteiger charge is -2.26. The number of hydrogen-bond donors (Lipinski definition) is 1. The molecule has 0 aliphatic carbocycles. The molecule has 3 heteroatoms. The van der Waals surface area contributed by atoms with Gasteiger partial charge in [-0.25, -0.2) is 0 Å². The molecule has 3 rings (SSSR count). The van der Waals surface area contributed by atoms with Gasteiger partial charge in [0.15, 0.2) is 0 Å². The highest BCUT2D eigenvalue weighted by atomic mass is 16.3. The molecule has 1 N–H and O–H groups in total. The third kappa shape index (κ3) is 3.30. The van der Waals surface area contributed by atoms with E-state index in [9.17, 15) is 9.90 Å². The van der Waals surface area contributed by atoms with Crippen LogP contribution in [0, 0.1) is 12.8 Å². The molecule has 1 aliphatic heterocycles. The Hall–Kier alpha value is -2.13. The Morgan fingerprint density at radius 3 is 2.35 bits per heavy atom. The van der Waals surface area contributed by atoms with Crippen LogP contribution in [0.3, 0.4) is 0 Å². The van der Waals surface area contributed by atoms with Crippen LogP contribution in [-0.4, -0.2) is 22.5 Å². The molecule has 2 aromatic carbocycles. The molecule has 1 heterocycles. The summed E-state index contributed by atoms with van der Waals surface area (Å²) in [4.78, 5) is 14.3. The molecule has 120 valence electrons. The smallest absolute Gasteiger partial charge is 0.223 e. The van der Waals surface area contributed by atoms with E-state index in [1.54, 1.807) is 0 Å². The summed E-state index contributed by atoms with van der Waals surface area (Å²) in [6.45, 7) is 4.68. The Kier molecular flexibility index (Phi) is 4.49. The maximum absolute atomic E-state index is 12.4. The molecule has 2 aromatic rings. The van der Waals surface area contributed by atoms with E-state index in [1.807, 2.05) is 73.3 Å². The molecule has 0 spiro atoms. The second kappa shape index (κ2) is 6.55. The summed E-state index contributed by atoms with van der Waals surface area (Å²) in [5, 5.41) is 10.6. The van der Waals surface area contributed by atoms with Gasteiger partial charge in [0, 0.05) is 18.9 Å². The molecule has 3 unspecified atom stereocenters. The second-order valence-corrected chi connectivity index (χ2v) is 6.45. The summed E-state index contributed by atoms with van der Waals surface area (Å²) in [7, 11) is 0. The van der Waals surface area contributed by atoms with Gasteiger partial charge < -0.3 is 10.0 Å². The molecule has 0 aromatic heterocycles. The lowest BCUT2D eigenvalue weighted by atomic mass is 9.94. The molecule has 0 radical (unpaired) electrons. The number of aryl methyl sites for hydroxylation is 1. The summed E-state index contributed by atoms with van der Waals surface area (Å²) in [5.74, 6) is 0.0777. The van der Waals surface area contributed by atoms with Crippen LogP contribution in [0.15, 0.2) is 54.6 Å². The monoisotopic (exact) mass is 309 g/mol. The van der Waals surface area contributed by atoms with Gasteiger partial charge in [-0.3, -0.25) is 4.79 Å². The first-order valence-corrected chi connectivity index (χ1v) is 8.15. The molecule has 23 heavy (non-hydrogen) atoms. The highest BCUT2D eigenvalue weighted by Crippen LogP contribution is 2.35. The van der Waals surface area contributed by atoms with Crippen LogP contribution < -0.4 is 0 Å². The molecule has 0 saturated carbocycles. The largest absolute Gasteiger partial charge is 0.388 e. The summed E-state index contributed by atoms with van der Waals surface area (Å²) >= 11 is 0. The zero-order valence-electron chi connectivity index (χ0n) is 13.6. The highest BCUT2D eigenvalue weighted by Gasteiger charge is 2.37. The summed E-state index contributed by atoms with van der Waals surface area (Å²) in [5.41, 5.74) is 3.19. The van der Waals surface area contributed by atoms with E-state index in [0.29, 0.717) is 13.0 Å². The minimum Gasteiger partial charge on any atom is -0.388 e. The summed E-state index contributed by atoms with van der Waals surface area (Å²) in [6, 6.07) is 18.0. The van der Waals surface area contributed by atoms with E-state index in [0.717, 1.165) is 11.1 Å². The van der Waals surface area contributed by atoms with Crippen LogP contribution in [-0.2, 0) is 4.79 Å². The molecule has 1 saturated heterocycles. The van der Waals surface area contributed by atoms with Crippen molar-refractivity contribution >= 4 is 5.91 Å². The molecule has 1 amide bonds. The first-order valence-electron chi connectivity index (χ1n) is 8.15. The van der Waals surface area contributed by atoms with Crippen molar-refractivity contribution in [3.8, 4) is 0 Å². The van der Waals surface area contributed by atoms with Gasteiger partial charge in [0.2, 0.25) is 5.91 Å². The molecule has 3 atom stereocenters. The molecule has 3 nitrogen and oxygen atoms in total. The predicted molar refractivity (Wildman–Crippen MR) is 90.8 cm³/mol. The Bertz CT molecular complexity index is 666. The van der Waals surface area contributed by atoms with Crippen molar-refractivity contribution in [1.29, 1.82) is 0 Å². The fraction of sp³-hybridized carbons (Fsp3) is 0.350. The lowest BCUT2D eigenvalue weighted by Crippen LogP contribution is -2.29. The zero-order valence-corrected chi connectivity index (χ0v) is 13.6. The standard InChI is InChI=1S/C20H23NO2/c1-14-8-10-17(11-9-14)20(23)18-12-19(22)21(13-18)15(2)16-6-4-3-5-7-16/h3-11,15,18,20,23H,12-13H2,1-2H3.